The summed E-state index contributed by atoms with van der Waals surface area (Å²) in [6, 6.07) is 4.68. The molecule has 0 unspecified atom stereocenters. The molecular weight excluding hydrogens is 305 g/mol. The van der Waals surface area contributed by atoms with E-state index in [-0.39, 0.29) is 10.7 Å². The van der Waals surface area contributed by atoms with E-state index in [4.69, 9.17) is 11.6 Å². The van der Waals surface area contributed by atoms with Gasteiger partial charge in [0.1, 0.15) is 18.0 Å². The van der Waals surface area contributed by atoms with Crippen molar-refractivity contribution >= 4 is 28.9 Å². The van der Waals surface area contributed by atoms with Gasteiger partial charge >= 0.3 is 6.18 Å². The molecule has 1 N–H and O–H groups in total. The van der Waals surface area contributed by atoms with E-state index in [1.54, 1.807) is 25.1 Å². The lowest BCUT2D eigenvalue weighted by atomic mass is 10.2. The monoisotopic (exact) mass is 316 g/mol. The summed E-state index contributed by atoms with van der Waals surface area (Å²) >= 11 is 5.91. The summed E-state index contributed by atoms with van der Waals surface area (Å²) in [7, 11) is 3.59. The number of alkyl halides is 3. The number of hydrogen-bond acceptors (Lipinski definition) is 4. The van der Waals surface area contributed by atoms with E-state index < -0.39 is 11.7 Å². The number of benzene rings is 1. The summed E-state index contributed by atoms with van der Waals surface area (Å²) in [5.41, 5.74) is -0.647. The minimum atomic E-state index is -4.43. The van der Waals surface area contributed by atoms with Gasteiger partial charge in [-0.2, -0.15) is 13.2 Å². The van der Waals surface area contributed by atoms with Crippen LogP contribution in [-0.2, 0) is 6.18 Å². The summed E-state index contributed by atoms with van der Waals surface area (Å²) < 4.78 is 38.1. The Morgan fingerprint density at radius 1 is 1.14 bits per heavy atom. The summed E-state index contributed by atoms with van der Waals surface area (Å²) in [6.45, 7) is 0. The molecule has 0 atom stereocenters. The molecule has 0 radical (unpaired) electrons. The number of aromatic nitrogens is 2. The van der Waals surface area contributed by atoms with Gasteiger partial charge in [0.25, 0.3) is 0 Å². The van der Waals surface area contributed by atoms with Crippen molar-refractivity contribution in [1.82, 2.24) is 9.97 Å². The molecule has 1 aromatic heterocycles. The molecule has 2 aromatic rings. The SMILES string of the molecule is CN(C)c1cc(Nc2cc(C(F)(F)F)ccc2Cl)ncn1. The van der Waals surface area contributed by atoms with E-state index in [1.807, 2.05) is 0 Å². The van der Waals surface area contributed by atoms with Crippen molar-refractivity contribution in [2.75, 3.05) is 24.3 Å². The van der Waals surface area contributed by atoms with E-state index >= 15 is 0 Å². The third-order valence-electron chi connectivity index (χ3n) is 2.67. The van der Waals surface area contributed by atoms with Crippen molar-refractivity contribution in [3.05, 3.63) is 41.2 Å². The van der Waals surface area contributed by atoms with Crippen LogP contribution < -0.4 is 10.2 Å². The minimum Gasteiger partial charge on any atom is -0.363 e. The molecule has 0 aliphatic carbocycles. The Labute approximate surface area is 124 Å². The number of hydrogen-bond donors (Lipinski definition) is 1. The average molecular weight is 317 g/mol. The Bertz CT molecular complexity index is 644. The molecule has 112 valence electrons. The van der Waals surface area contributed by atoms with Crippen molar-refractivity contribution in [2.24, 2.45) is 0 Å². The van der Waals surface area contributed by atoms with Gasteiger partial charge in [-0.25, -0.2) is 9.97 Å². The highest BCUT2D eigenvalue weighted by Crippen LogP contribution is 2.34. The number of nitrogens with zero attached hydrogens (tertiary/aromatic N) is 3. The van der Waals surface area contributed by atoms with Gasteiger partial charge in [-0.05, 0) is 18.2 Å². The van der Waals surface area contributed by atoms with Crippen LogP contribution >= 0.6 is 11.6 Å². The van der Waals surface area contributed by atoms with E-state index in [9.17, 15) is 13.2 Å². The number of nitrogens with one attached hydrogen (secondary N) is 1. The van der Waals surface area contributed by atoms with E-state index in [0.29, 0.717) is 11.6 Å². The fourth-order valence-electron chi connectivity index (χ4n) is 1.60. The Morgan fingerprint density at radius 3 is 2.48 bits per heavy atom. The maximum atomic E-state index is 12.7. The van der Waals surface area contributed by atoms with Crippen LogP contribution in [0.1, 0.15) is 5.56 Å². The molecule has 4 nitrogen and oxygen atoms in total. The third-order valence-corrected chi connectivity index (χ3v) is 3.00. The van der Waals surface area contributed by atoms with Crippen LogP contribution in [0.4, 0.5) is 30.5 Å². The molecule has 2 rings (SSSR count). The largest absolute Gasteiger partial charge is 0.416 e. The van der Waals surface area contributed by atoms with Gasteiger partial charge in [0.2, 0.25) is 0 Å². The Balaban J connectivity index is 2.33. The van der Waals surface area contributed by atoms with Crippen LogP contribution in [0.5, 0.6) is 0 Å². The molecule has 0 aliphatic rings. The zero-order valence-corrected chi connectivity index (χ0v) is 12.0. The second-order valence-electron chi connectivity index (χ2n) is 4.47. The summed E-state index contributed by atoms with van der Waals surface area (Å²) in [5, 5.41) is 2.94. The van der Waals surface area contributed by atoms with Gasteiger partial charge in [-0.15, -0.1) is 0 Å². The van der Waals surface area contributed by atoms with Crippen molar-refractivity contribution in [3.8, 4) is 0 Å². The lowest BCUT2D eigenvalue weighted by molar-refractivity contribution is -0.137. The molecule has 0 fully saturated rings. The van der Waals surface area contributed by atoms with Crippen molar-refractivity contribution in [1.29, 1.82) is 0 Å². The molecule has 8 heteroatoms. The third kappa shape index (κ3) is 3.75. The summed E-state index contributed by atoms with van der Waals surface area (Å²) in [6.07, 6.45) is -3.11. The highest BCUT2D eigenvalue weighted by molar-refractivity contribution is 6.33. The molecular formula is C13H12ClF3N4. The van der Waals surface area contributed by atoms with Crippen LogP contribution in [-0.4, -0.2) is 24.1 Å². The van der Waals surface area contributed by atoms with Crippen LogP contribution in [0, 0.1) is 0 Å². The fraction of sp³-hybridized carbons (Fsp3) is 0.231. The lowest BCUT2D eigenvalue weighted by Gasteiger charge is -2.14. The Morgan fingerprint density at radius 2 is 1.86 bits per heavy atom. The topological polar surface area (TPSA) is 41.0 Å². The second-order valence-corrected chi connectivity index (χ2v) is 4.88. The maximum absolute atomic E-state index is 12.7. The van der Waals surface area contributed by atoms with Crippen LogP contribution in [0.2, 0.25) is 5.02 Å². The number of anilines is 3. The molecule has 0 amide bonds. The molecule has 21 heavy (non-hydrogen) atoms. The van der Waals surface area contributed by atoms with Gasteiger partial charge in [0.15, 0.2) is 0 Å². The van der Waals surface area contributed by atoms with Crippen LogP contribution in [0.3, 0.4) is 0 Å². The Hall–Kier alpha value is -2.02. The van der Waals surface area contributed by atoms with Crippen LogP contribution in [0.15, 0.2) is 30.6 Å². The fourth-order valence-corrected chi connectivity index (χ4v) is 1.76. The van der Waals surface area contributed by atoms with Crippen molar-refractivity contribution in [3.63, 3.8) is 0 Å². The van der Waals surface area contributed by atoms with Crippen molar-refractivity contribution < 1.29 is 13.2 Å². The zero-order chi connectivity index (χ0) is 15.6. The molecule has 0 spiro atoms. The van der Waals surface area contributed by atoms with Crippen LogP contribution in [0.25, 0.3) is 0 Å². The number of halogens is 4. The van der Waals surface area contributed by atoms with E-state index in [0.717, 1.165) is 12.1 Å². The summed E-state index contributed by atoms with van der Waals surface area (Å²) in [4.78, 5) is 9.73. The van der Waals surface area contributed by atoms with Gasteiger partial charge in [-0.3, -0.25) is 0 Å². The highest BCUT2D eigenvalue weighted by Gasteiger charge is 2.31. The first kappa shape index (κ1) is 15.4. The molecule has 1 aromatic carbocycles. The van der Waals surface area contributed by atoms with Gasteiger partial charge in [-0.1, -0.05) is 11.6 Å². The van der Waals surface area contributed by atoms with Crippen molar-refractivity contribution in [2.45, 2.75) is 6.18 Å². The highest BCUT2D eigenvalue weighted by atomic mass is 35.5. The smallest absolute Gasteiger partial charge is 0.363 e. The predicted octanol–water partition coefficient (Wildman–Crippen LogP) is 3.96. The minimum absolute atomic E-state index is 0.134. The molecule has 0 saturated heterocycles. The van der Waals surface area contributed by atoms with E-state index in [2.05, 4.69) is 15.3 Å². The van der Waals surface area contributed by atoms with Gasteiger partial charge in [0, 0.05) is 20.2 Å². The molecule has 0 aliphatic heterocycles. The summed E-state index contributed by atoms with van der Waals surface area (Å²) in [5.74, 6) is 0.977. The quantitative estimate of drug-likeness (QED) is 0.930. The number of rotatable bonds is 3. The predicted molar refractivity (Wildman–Crippen MR) is 76.1 cm³/mol. The lowest BCUT2D eigenvalue weighted by Crippen LogP contribution is -2.11. The van der Waals surface area contributed by atoms with Gasteiger partial charge in [0.05, 0.1) is 16.3 Å². The second kappa shape index (κ2) is 5.77. The molecule has 1 heterocycles. The zero-order valence-electron chi connectivity index (χ0n) is 11.2. The first-order valence-corrected chi connectivity index (χ1v) is 6.28. The molecule has 0 saturated carbocycles. The maximum Gasteiger partial charge on any atom is 0.416 e. The molecule has 0 bridgehead atoms. The Kier molecular flexibility index (Phi) is 4.22. The standard InChI is InChI=1S/C13H12ClF3N4/c1-21(2)12-6-11(18-7-19-12)20-10-5-8(13(15,16)17)3-4-9(10)14/h3-7H,1-2H3,(H,18,19,20). The normalized spacial score (nSPS) is 11.3. The average Bonchev–Trinajstić information content (AvgIpc) is 2.40. The van der Waals surface area contributed by atoms with E-state index in [1.165, 1.54) is 12.4 Å². The first-order chi connectivity index (χ1) is 9.77. The first-order valence-electron chi connectivity index (χ1n) is 5.90. The van der Waals surface area contributed by atoms with Gasteiger partial charge < -0.3 is 10.2 Å².